The van der Waals surface area contributed by atoms with Crippen LogP contribution < -0.4 is 0 Å². The number of hydrogen-bond donors (Lipinski definition) is 0. The lowest BCUT2D eigenvalue weighted by Gasteiger charge is -2.32. The van der Waals surface area contributed by atoms with E-state index in [1.165, 1.54) is 25.7 Å². The van der Waals surface area contributed by atoms with E-state index in [4.69, 9.17) is 0 Å². The maximum Gasteiger partial charge on any atom is -0.0110 e. The van der Waals surface area contributed by atoms with Crippen LogP contribution in [0.2, 0.25) is 0 Å². The molecule has 0 aromatic heterocycles. The lowest BCUT2D eigenvalue weighted by atomic mass is 9.90. The highest BCUT2D eigenvalue weighted by Crippen LogP contribution is 2.71. The molecule has 4 unspecified atom stereocenters. The van der Waals surface area contributed by atoms with Crippen molar-refractivity contribution in [1.82, 2.24) is 0 Å². The van der Waals surface area contributed by atoms with Gasteiger partial charge < -0.3 is 0 Å². The Morgan fingerprint density at radius 1 is 1.36 bits per heavy atom. The normalized spacial score (nSPS) is 36.3. The Morgan fingerprint density at radius 3 is 2.55 bits per heavy atom. The molecule has 1 rings (SSSR count). The van der Waals surface area contributed by atoms with Gasteiger partial charge in [0.1, 0.15) is 0 Å². The fourth-order valence-electron chi connectivity index (χ4n) is 1.81. The molecule has 4 heteroatoms. The molecule has 1 aliphatic rings. The fourth-order valence-corrected chi connectivity index (χ4v) is 7.93. The third-order valence-corrected chi connectivity index (χ3v) is 14.1. The summed E-state index contributed by atoms with van der Waals surface area (Å²) in [5, 5.41) is 0. The fraction of sp³-hybridized carbons (Fsp3) is 1.00. The van der Waals surface area contributed by atoms with Gasteiger partial charge in [-0.1, -0.05) is 41.4 Å². The van der Waals surface area contributed by atoms with Crippen molar-refractivity contribution < 1.29 is 0 Å². The Morgan fingerprint density at radius 2 is 2.00 bits per heavy atom. The summed E-state index contributed by atoms with van der Waals surface area (Å²) in [4.78, 5) is 0. The van der Waals surface area contributed by atoms with Gasteiger partial charge in [0.2, 0.25) is 0 Å². The number of rotatable bonds is 2. The molecule has 0 aromatic rings. The average Bonchev–Trinajstić information content (AvgIpc) is 2.04. The molecular formula is C7H18P4. The van der Waals surface area contributed by atoms with Gasteiger partial charge in [0, 0.05) is 0 Å². The van der Waals surface area contributed by atoms with E-state index in [9.17, 15) is 0 Å². The minimum atomic E-state index is 0.272. The van der Waals surface area contributed by atoms with Crippen LogP contribution in [0, 0.1) is 5.92 Å². The Bertz CT molecular complexity index is 113. The predicted octanol–water partition coefficient (Wildman–Crippen LogP) is 4.22. The third kappa shape index (κ3) is 3.16. The van der Waals surface area contributed by atoms with E-state index in [2.05, 4.69) is 24.8 Å². The standard InChI is InChI=1S/C7H18P4/c1-6-4-2-3-5-7(6)11(9)10-8/h6-7,10H,2-5,8-9H2,1H3/t6-,7-,11?/m0/s1. The third-order valence-electron chi connectivity index (χ3n) is 2.57. The van der Waals surface area contributed by atoms with Crippen molar-refractivity contribution in [2.75, 3.05) is 0 Å². The van der Waals surface area contributed by atoms with Crippen LogP contribution in [0.1, 0.15) is 32.6 Å². The second kappa shape index (κ2) is 5.45. The van der Waals surface area contributed by atoms with Gasteiger partial charge in [0.25, 0.3) is 0 Å². The van der Waals surface area contributed by atoms with Crippen LogP contribution in [0.15, 0.2) is 0 Å². The van der Waals surface area contributed by atoms with Crippen LogP contribution in [0.3, 0.4) is 0 Å². The molecule has 0 amide bonds. The van der Waals surface area contributed by atoms with Crippen LogP contribution in [0.5, 0.6) is 0 Å². The van der Waals surface area contributed by atoms with Crippen LogP contribution in [0.4, 0.5) is 0 Å². The van der Waals surface area contributed by atoms with Gasteiger partial charge in [0.15, 0.2) is 0 Å². The SMILES string of the molecule is C[C@H]1CCCC[C@@H]1P(P)PP. The largest absolute Gasteiger partial charge is 0.110 e. The maximum absolute atomic E-state index is 3.08. The molecule has 0 heterocycles. The molecule has 11 heavy (non-hydrogen) atoms. The van der Waals surface area contributed by atoms with Gasteiger partial charge in [-0.25, -0.2) is 0 Å². The van der Waals surface area contributed by atoms with E-state index in [0.29, 0.717) is 0 Å². The highest BCUT2D eigenvalue weighted by molar-refractivity contribution is 8.61. The monoisotopic (exact) mass is 226 g/mol. The van der Waals surface area contributed by atoms with Crippen LogP contribution in [-0.2, 0) is 0 Å². The van der Waals surface area contributed by atoms with Crippen molar-refractivity contribution in [1.29, 1.82) is 0 Å². The molecule has 0 bridgehead atoms. The molecular weight excluding hydrogens is 208 g/mol. The van der Waals surface area contributed by atoms with Gasteiger partial charge in [-0.2, -0.15) is 0 Å². The summed E-state index contributed by atoms with van der Waals surface area (Å²) < 4.78 is 0. The van der Waals surface area contributed by atoms with Crippen molar-refractivity contribution in [3.63, 3.8) is 0 Å². The van der Waals surface area contributed by atoms with E-state index in [1.54, 1.807) is 0 Å². The lowest BCUT2D eigenvalue weighted by molar-refractivity contribution is 0.396. The summed E-state index contributed by atoms with van der Waals surface area (Å²) in [6, 6.07) is 0. The summed E-state index contributed by atoms with van der Waals surface area (Å²) in [5.74, 6) is 1.00. The smallest absolute Gasteiger partial charge is 0.0110 e. The summed E-state index contributed by atoms with van der Waals surface area (Å²) >= 11 is 0. The molecule has 1 saturated carbocycles. The van der Waals surface area contributed by atoms with Crippen molar-refractivity contribution in [2.45, 2.75) is 38.3 Å². The minimum Gasteiger partial charge on any atom is -0.110 e. The lowest BCUT2D eigenvalue weighted by Crippen LogP contribution is -2.18. The van der Waals surface area contributed by atoms with E-state index in [0.717, 1.165) is 19.5 Å². The Hall–Kier alpha value is 1.72. The molecule has 0 radical (unpaired) electrons. The highest BCUT2D eigenvalue weighted by atomic mass is 32.6. The van der Waals surface area contributed by atoms with E-state index < -0.39 is 0 Å². The maximum atomic E-state index is 3.08. The first-order valence-corrected chi connectivity index (χ1v) is 10.9. The van der Waals surface area contributed by atoms with E-state index >= 15 is 0 Å². The van der Waals surface area contributed by atoms with Crippen molar-refractivity contribution >= 4 is 33.1 Å². The first-order chi connectivity index (χ1) is 5.25. The predicted molar refractivity (Wildman–Crippen MR) is 66.1 cm³/mol. The van der Waals surface area contributed by atoms with E-state index in [-0.39, 0.29) is 7.30 Å². The summed E-state index contributed by atoms with van der Waals surface area (Å²) in [6.07, 6.45) is 5.94. The molecule has 1 fully saturated rings. The van der Waals surface area contributed by atoms with Crippen LogP contribution in [-0.4, -0.2) is 5.66 Å². The minimum absolute atomic E-state index is 0.272. The summed E-state index contributed by atoms with van der Waals surface area (Å²) in [7, 11) is 7.36. The Labute approximate surface area is 77.7 Å². The highest BCUT2D eigenvalue weighted by Gasteiger charge is 2.25. The molecule has 0 aromatic carbocycles. The Kier molecular flexibility index (Phi) is 5.35. The average molecular weight is 226 g/mol. The van der Waals surface area contributed by atoms with Crippen molar-refractivity contribution in [3.8, 4) is 0 Å². The van der Waals surface area contributed by atoms with Gasteiger partial charge in [-0.05, 0) is 18.0 Å². The van der Waals surface area contributed by atoms with E-state index in [1.807, 2.05) is 0 Å². The summed E-state index contributed by atoms with van der Waals surface area (Å²) in [5.41, 5.74) is 1.06. The summed E-state index contributed by atoms with van der Waals surface area (Å²) in [6.45, 7) is 2.44. The van der Waals surface area contributed by atoms with Gasteiger partial charge in [-0.15, -0.1) is 17.9 Å². The van der Waals surface area contributed by atoms with Crippen molar-refractivity contribution in [3.05, 3.63) is 0 Å². The second-order valence-corrected chi connectivity index (χ2v) is 13.0. The topological polar surface area (TPSA) is 0 Å². The molecule has 1 aliphatic carbocycles. The molecule has 6 atom stereocenters. The molecule has 0 saturated heterocycles. The molecule has 0 N–H and O–H groups in total. The van der Waals surface area contributed by atoms with Crippen LogP contribution >= 0.6 is 33.1 Å². The molecule has 0 aliphatic heterocycles. The molecule has 0 spiro atoms. The van der Waals surface area contributed by atoms with Gasteiger partial charge in [0.05, 0.1) is 0 Å². The number of hydrogen-bond acceptors (Lipinski definition) is 0. The second-order valence-electron chi connectivity index (χ2n) is 3.37. The quantitative estimate of drug-likeness (QED) is 0.618. The molecule has 66 valence electrons. The Balaban J connectivity index is 2.40. The zero-order valence-electron chi connectivity index (χ0n) is 7.09. The zero-order valence-corrected chi connectivity index (χ0v) is 11.3. The van der Waals surface area contributed by atoms with Crippen molar-refractivity contribution in [2.24, 2.45) is 5.92 Å². The van der Waals surface area contributed by atoms with Crippen LogP contribution in [0.25, 0.3) is 0 Å². The zero-order chi connectivity index (χ0) is 8.27. The first-order valence-electron chi connectivity index (χ1n) is 4.26. The van der Waals surface area contributed by atoms with Gasteiger partial charge in [-0.3, -0.25) is 0 Å². The van der Waals surface area contributed by atoms with Gasteiger partial charge >= 0.3 is 0 Å². The first kappa shape index (κ1) is 10.8. The molecule has 0 nitrogen and oxygen atoms in total.